The second-order valence-electron chi connectivity index (χ2n) is 8.15. The molecule has 0 spiro atoms. The van der Waals surface area contributed by atoms with Crippen molar-refractivity contribution in [2.45, 2.75) is 13.5 Å². The molecule has 2 heterocycles. The molecule has 5 aromatic rings. The van der Waals surface area contributed by atoms with Crippen LogP contribution in [0.25, 0.3) is 16.9 Å². The van der Waals surface area contributed by atoms with E-state index in [0.717, 1.165) is 22.5 Å². The molecule has 3 aromatic carbocycles. The largest absolute Gasteiger partial charge is 0.304 e. The van der Waals surface area contributed by atoms with Gasteiger partial charge in [-0.2, -0.15) is 10.2 Å². The molecule has 9 heteroatoms. The summed E-state index contributed by atoms with van der Waals surface area (Å²) in [7, 11) is 0. The van der Waals surface area contributed by atoms with Crippen molar-refractivity contribution in [1.29, 1.82) is 0 Å². The molecular weight excluding hydrogens is 561 g/mol. The van der Waals surface area contributed by atoms with Crippen molar-refractivity contribution in [2.24, 2.45) is 0 Å². The molecule has 0 aliphatic rings. The van der Waals surface area contributed by atoms with Crippen molar-refractivity contribution in [3.05, 3.63) is 116 Å². The van der Waals surface area contributed by atoms with Gasteiger partial charge >= 0.3 is 0 Å². The number of hydrogen-bond donors (Lipinski definition) is 1. The lowest BCUT2D eigenvalue weighted by molar-refractivity contribution is 0.102. The fourth-order valence-electron chi connectivity index (χ4n) is 3.95. The number of halogens is 3. The number of hydrogen-bond acceptors (Lipinski definition) is 3. The van der Waals surface area contributed by atoms with E-state index in [4.69, 9.17) is 28.3 Å². The minimum atomic E-state index is -0.297. The van der Waals surface area contributed by atoms with Gasteiger partial charge in [-0.3, -0.25) is 9.48 Å². The summed E-state index contributed by atoms with van der Waals surface area (Å²) in [5.41, 5.74) is 4.47. The number of carbonyl (C=O) groups excluding carboxylic acids is 1. The van der Waals surface area contributed by atoms with Crippen LogP contribution in [0.2, 0.25) is 10.0 Å². The van der Waals surface area contributed by atoms with Crippen molar-refractivity contribution in [1.82, 2.24) is 19.6 Å². The summed E-state index contributed by atoms with van der Waals surface area (Å²) in [6.07, 6.45) is 1.80. The summed E-state index contributed by atoms with van der Waals surface area (Å²) in [5.74, 6) is 0.111. The number of carbonyl (C=O) groups is 1. The third-order valence-corrected chi connectivity index (χ3v) is 6.99. The number of nitrogens with zero attached hydrogens (tertiary/aromatic N) is 4. The molecule has 1 N–H and O–H groups in total. The maximum atomic E-state index is 13.6. The van der Waals surface area contributed by atoms with Crippen LogP contribution in [0, 0.1) is 6.92 Å². The molecule has 36 heavy (non-hydrogen) atoms. The van der Waals surface area contributed by atoms with Crippen LogP contribution in [0.3, 0.4) is 0 Å². The predicted molar refractivity (Wildman–Crippen MR) is 147 cm³/mol. The van der Waals surface area contributed by atoms with Gasteiger partial charge in [-0.25, -0.2) is 4.68 Å². The van der Waals surface area contributed by atoms with Crippen LogP contribution in [0.1, 0.15) is 21.6 Å². The third kappa shape index (κ3) is 4.95. The van der Waals surface area contributed by atoms with Crippen LogP contribution >= 0.6 is 39.1 Å². The first kappa shape index (κ1) is 24.3. The molecule has 1 amide bonds. The van der Waals surface area contributed by atoms with Crippen LogP contribution in [0.4, 0.5) is 5.82 Å². The molecule has 0 fully saturated rings. The standard InChI is InChI=1S/C27H20BrCl2N5O/c1-17-24(25(19-8-4-2-5-9-19)32-35(17)20-10-6-3-7-11-20)27(36)31-26-21(28)16-34(33-26)15-18-12-13-22(29)23(30)14-18/h2-14,16H,15H2,1H3,(H,31,33,36). The lowest BCUT2D eigenvalue weighted by atomic mass is 10.1. The Kier molecular flexibility index (Phi) is 6.96. The van der Waals surface area contributed by atoms with Gasteiger partial charge in [-0.05, 0) is 52.7 Å². The van der Waals surface area contributed by atoms with E-state index in [9.17, 15) is 4.79 Å². The lowest BCUT2D eigenvalue weighted by Crippen LogP contribution is -2.15. The molecular formula is C27H20BrCl2N5O. The molecule has 0 saturated carbocycles. The van der Waals surface area contributed by atoms with E-state index >= 15 is 0 Å². The van der Waals surface area contributed by atoms with Crippen molar-refractivity contribution in [3.8, 4) is 16.9 Å². The highest BCUT2D eigenvalue weighted by molar-refractivity contribution is 9.10. The molecule has 0 atom stereocenters. The Balaban J connectivity index is 1.47. The summed E-state index contributed by atoms with van der Waals surface area (Å²) in [5, 5.41) is 13.3. The highest BCUT2D eigenvalue weighted by Gasteiger charge is 2.24. The molecule has 0 aliphatic heterocycles. The Morgan fingerprint density at radius 3 is 2.33 bits per heavy atom. The Morgan fingerprint density at radius 1 is 0.944 bits per heavy atom. The van der Waals surface area contributed by atoms with Gasteiger partial charge in [0.1, 0.15) is 5.69 Å². The van der Waals surface area contributed by atoms with E-state index < -0.39 is 0 Å². The molecule has 5 rings (SSSR count). The van der Waals surface area contributed by atoms with Crippen LogP contribution in [-0.2, 0) is 6.54 Å². The second-order valence-corrected chi connectivity index (χ2v) is 9.82. The van der Waals surface area contributed by atoms with Gasteiger partial charge in [0.25, 0.3) is 5.91 Å². The van der Waals surface area contributed by atoms with Gasteiger partial charge in [0, 0.05) is 11.8 Å². The number of benzene rings is 3. The van der Waals surface area contributed by atoms with Gasteiger partial charge in [0.15, 0.2) is 5.82 Å². The van der Waals surface area contributed by atoms with E-state index in [1.807, 2.05) is 73.7 Å². The number of rotatable bonds is 6. The third-order valence-electron chi connectivity index (χ3n) is 5.67. The van der Waals surface area contributed by atoms with Crippen LogP contribution < -0.4 is 5.32 Å². The summed E-state index contributed by atoms with van der Waals surface area (Å²) in [6.45, 7) is 2.35. The Morgan fingerprint density at radius 2 is 1.64 bits per heavy atom. The monoisotopic (exact) mass is 579 g/mol. The highest BCUT2D eigenvalue weighted by Crippen LogP contribution is 2.29. The maximum Gasteiger partial charge on any atom is 0.261 e. The quantitative estimate of drug-likeness (QED) is 0.227. The number of nitrogens with one attached hydrogen (secondary N) is 1. The Bertz CT molecular complexity index is 1550. The highest BCUT2D eigenvalue weighted by atomic mass is 79.9. The van der Waals surface area contributed by atoms with Crippen molar-refractivity contribution in [2.75, 3.05) is 5.32 Å². The Labute approximate surface area is 226 Å². The van der Waals surface area contributed by atoms with Crippen LogP contribution in [-0.4, -0.2) is 25.5 Å². The zero-order chi connectivity index (χ0) is 25.2. The molecule has 0 bridgehead atoms. The fraction of sp³-hybridized carbons (Fsp3) is 0.0741. The molecule has 180 valence electrons. The molecule has 0 saturated heterocycles. The second kappa shape index (κ2) is 10.3. The van der Waals surface area contributed by atoms with E-state index in [-0.39, 0.29) is 5.91 Å². The molecule has 2 aromatic heterocycles. The maximum absolute atomic E-state index is 13.6. The minimum absolute atomic E-state index is 0.297. The van der Waals surface area contributed by atoms with Gasteiger partial charge in [-0.1, -0.05) is 77.8 Å². The topological polar surface area (TPSA) is 64.7 Å². The lowest BCUT2D eigenvalue weighted by Gasteiger charge is -2.06. The van der Waals surface area contributed by atoms with Crippen molar-refractivity contribution in [3.63, 3.8) is 0 Å². The fourth-order valence-corrected chi connectivity index (χ4v) is 4.69. The van der Waals surface area contributed by atoms with Crippen molar-refractivity contribution < 1.29 is 4.79 Å². The summed E-state index contributed by atoms with van der Waals surface area (Å²) < 4.78 is 4.16. The molecule has 6 nitrogen and oxygen atoms in total. The average Bonchev–Trinajstić information content (AvgIpc) is 3.41. The number of amides is 1. The predicted octanol–water partition coefficient (Wildman–Crippen LogP) is 7.41. The van der Waals surface area contributed by atoms with Crippen LogP contribution in [0.15, 0.2) is 89.5 Å². The normalized spacial score (nSPS) is 11.0. The van der Waals surface area contributed by atoms with E-state index in [1.165, 1.54) is 0 Å². The number of para-hydroxylation sites is 1. The zero-order valence-electron chi connectivity index (χ0n) is 19.1. The van der Waals surface area contributed by atoms with E-state index in [0.29, 0.717) is 38.1 Å². The van der Waals surface area contributed by atoms with Crippen molar-refractivity contribution >= 4 is 50.9 Å². The van der Waals surface area contributed by atoms with Crippen LogP contribution in [0.5, 0.6) is 0 Å². The van der Waals surface area contributed by atoms with Gasteiger partial charge < -0.3 is 5.32 Å². The average molecular weight is 581 g/mol. The van der Waals surface area contributed by atoms with E-state index in [1.54, 1.807) is 27.7 Å². The van der Waals surface area contributed by atoms with Gasteiger partial charge in [0.05, 0.1) is 38.0 Å². The van der Waals surface area contributed by atoms with Gasteiger partial charge in [-0.15, -0.1) is 0 Å². The zero-order valence-corrected chi connectivity index (χ0v) is 22.2. The van der Waals surface area contributed by atoms with E-state index in [2.05, 4.69) is 26.3 Å². The van der Waals surface area contributed by atoms with Gasteiger partial charge in [0.2, 0.25) is 0 Å². The number of anilines is 1. The molecule has 0 aliphatic carbocycles. The summed E-state index contributed by atoms with van der Waals surface area (Å²) in [4.78, 5) is 13.6. The first-order chi connectivity index (χ1) is 17.4. The first-order valence-corrected chi connectivity index (χ1v) is 12.6. The minimum Gasteiger partial charge on any atom is -0.304 e. The number of aromatic nitrogens is 4. The Hall–Kier alpha value is -3.39. The molecule has 0 unspecified atom stereocenters. The first-order valence-electron chi connectivity index (χ1n) is 11.1. The smallest absolute Gasteiger partial charge is 0.261 e. The SMILES string of the molecule is Cc1c(C(=O)Nc2nn(Cc3ccc(Cl)c(Cl)c3)cc2Br)c(-c2ccccc2)nn1-c1ccccc1. The molecule has 0 radical (unpaired) electrons. The summed E-state index contributed by atoms with van der Waals surface area (Å²) in [6, 6.07) is 24.8. The summed E-state index contributed by atoms with van der Waals surface area (Å²) >= 11 is 15.7.